The van der Waals surface area contributed by atoms with Crippen molar-refractivity contribution in [2.24, 2.45) is 0 Å². The summed E-state index contributed by atoms with van der Waals surface area (Å²) in [5.74, 6) is 0. The summed E-state index contributed by atoms with van der Waals surface area (Å²) in [6, 6.07) is 8.19. The van der Waals surface area contributed by atoms with E-state index < -0.39 is 0 Å². The van der Waals surface area contributed by atoms with Gasteiger partial charge in [0.1, 0.15) is 0 Å². The molecule has 82 valence electrons. The van der Waals surface area contributed by atoms with Gasteiger partial charge in [-0.05, 0) is 32.3 Å². The third-order valence-electron chi connectivity index (χ3n) is 3.08. The zero-order chi connectivity index (χ0) is 10.7. The molecule has 2 nitrogen and oxygen atoms in total. The quantitative estimate of drug-likeness (QED) is 0.802. The van der Waals surface area contributed by atoms with Crippen LogP contribution in [0.4, 0.5) is 5.69 Å². The molecule has 1 saturated heterocycles. The number of aliphatic hydroxyl groups is 1. The molecule has 0 aliphatic carbocycles. The average molecular weight is 205 g/mol. The lowest BCUT2D eigenvalue weighted by molar-refractivity contribution is 0.199. The second-order valence-corrected chi connectivity index (χ2v) is 4.28. The molecule has 0 bridgehead atoms. The summed E-state index contributed by atoms with van der Waals surface area (Å²) >= 11 is 0. The van der Waals surface area contributed by atoms with E-state index in [4.69, 9.17) is 0 Å². The van der Waals surface area contributed by atoms with Crippen molar-refractivity contribution in [1.29, 1.82) is 0 Å². The third-order valence-corrected chi connectivity index (χ3v) is 3.08. The van der Waals surface area contributed by atoms with E-state index >= 15 is 0 Å². The molecule has 0 spiro atoms. The summed E-state index contributed by atoms with van der Waals surface area (Å²) in [6.07, 6.45) is 3.51. The second-order valence-electron chi connectivity index (χ2n) is 4.28. The van der Waals surface area contributed by atoms with Gasteiger partial charge in [0.05, 0.1) is 6.10 Å². The lowest BCUT2D eigenvalue weighted by Crippen LogP contribution is -2.30. The van der Waals surface area contributed by atoms with E-state index in [2.05, 4.69) is 17.0 Å². The highest BCUT2D eigenvalue weighted by molar-refractivity contribution is 5.54. The van der Waals surface area contributed by atoms with Gasteiger partial charge in [0, 0.05) is 24.3 Å². The van der Waals surface area contributed by atoms with Crippen LogP contribution in [0.25, 0.3) is 0 Å². The Morgan fingerprint density at radius 2 is 1.80 bits per heavy atom. The molecule has 1 aliphatic heterocycles. The molecular formula is C13H19NO. The topological polar surface area (TPSA) is 23.5 Å². The van der Waals surface area contributed by atoms with Gasteiger partial charge in [0.15, 0.2) is 0 Å². The Kier molecular flexibility index (Phi) is 3.27. The largest absolute Gasteiger partial charge is 0.389 e. The lowest BCUT2D eigenvalue weighted by atomic mass is 10.0. The summed E-state index contributed by atoms with van der Waals surface area (Å²) in [5, 5.41) is 9.71. The Balaban J connectivity index is 2.25. The van der Waals surface area contributed by atoms with Crippen LogP contribution >= 0.6 is 0 Å². The normalized spacial score (nSPS) is 18.9. The fourth-order valence-corrected chi connectivity index (χ4v) is 2.26. The van der Waals surface area contributed by atoms with Crippen molar-refractivity contribution in [1.82, 2.24) is 0 Å². The van der Waals surface area contributed by atoms with E-state index in [-0.39, 0.29) is 6.10 Å². The highest BCUT2D eigenvalue weighted by Crippen LogP contribution is 2.28. The highest BCUT2D eigenvalue weighted by Gasteiger charge is 2.15. The fraction of sp³-hybridized carbons (Fsp3) is 0.538. The standard InChI is InChI=1S/C13H19NO/c1-11(15)12-7-3-4-8-13(12)14-9-5-2-6-10-14/h3-4,7-8,11,15H,2,5-6,9-10H2,1H3. The molecule has 0 amide bonds. The second kappa shape index (κ2) is 4.67. The van der Waals surface area contributed by atoms with Crippen LogP contribution in [0.5, 0.6) is 0 Å². The maximum Gasteiger partial charge on any atom is 0.0781 e. The van der Waals surface area contributed by atoms with Gasteiger partial charge in [-0.3, -0.25) is 0 Å². The smallest absolute Gasteiger partial charge is 0.0781 e. The van der Waals surface area contributed by atoms with E-state index in [0.717, 1.165) is 18.7 Å². The van der Waals surface area contributed by atoms with Gasteiger partial charge >= 0.3 is 0 Å². The van der Waals surface area contributed by atoms with Crippen LogP contribution in [0, 0.1) is 0 Å². The Bertz CT molecular complexity index is 316. The van der Waals surface area contributed by atoms with Gasteiger partial charge < -0.3 is 10.0 Å². The summed E-state index contributed by atoms with van der Waals surface area (Å²) in [7, 11) is 0. The summed E-state index contributed by atoms with van der Waals surface area (Å²) in [4.78, 5) is 2.39. The van der Waals surface area contributed by atoms with Crippen molar-refractivity contribution in [2.45, 2.75) is 32.3 Å². The number of aliphatic hydroxyl groups excluding tert-OH is 1. The summed E-state index contributed by atoms with van der Waals surface area (Å²) < 4.78 is 0. The van der Waals surface area contributed by atoms with Crippen LogP contribution in [-0.4, -0.2) is 18.2 Å². The number of hydrogen-bond donors (Lipinski definition) is 1. The first kappa shape index (κ1) is 10.5. The molecule has 0 saturated carbocycles. The lowest BCUT2D eigenvalue weighted by Gasteiger charge is -2.31. The molecule has 0 aromatic heterocycles. The minimum absolute atomic E-state index is 0.372. The monoisotopic (exact) mass is 205 g/mol. The van der Waals surface area contributed by atoms with Crippen molar-refractivity contribution in [3.63, 3.8) is 0 Å². The molecule has 1 heterocycles. The van der Waals surface area contributed by atoms with E-state index in [1.54, 1.807) is 0 Å². The zero-order valence-electron chi connectivity index (χ0n) is 9.32. The number of nitrogens with zero attached hydrogens (tertiary/aromatic N) is 1. The maximum atomic E-state index is 9.71. The van der Waals surface area contributed by atoms with Crippen LogP contribution in [0.15, 0.2) is 24.3 Å². The molecule has 1 aromatic carbocycles. The van der Waals surface area contributed by atoms with Gasteiger partial charge in [0.25, 0.3) is 0 Å². The van der Waals surface area contributed by atoms with Crippen LogP contribution in [0.3, 0.4) is 0 Å². The Morgan fingerprint density at radius 1 is 1.13 bits per heavy atom. The first-order valence-electron chi connectivity index (χ1n) is 5.81. The van der Waals surface area contributed by atoms with Crippen molar-refractivity contribution in [2.75, 3.05) is 18.0 Å². The highest BCUT2D eigenvalue weighted by atomic mass is 16.3. The van der Waals surface area contributed by atoms with Crippen LogP contribution in [-0.2, 0) is 0 Å². The molecule has 0 radical (unpaired) electrons. The number of rotatable bonds is 2. The van der Waals surface area contributed by atoms with Gasteiger partial charge in [-0.2, -0.15) is 0 Å². The Labute approximate surface area is 91.5 Å². The van der Waals surface area contributed by atoms with Crippen molar-refractivity contribution in [3.05, 3.63) is 29.8 Å². The molecule has 1 atom stereocenters. The molecule has 1 unspecified atom stereocenters. The molecule has 15 heavy (non-hydrogen) atoms. The Hall–Kier alpha value is -1.02. The third kappa shape index (κ3) is 2.32. The first-order chi connectivity index (χ1) is 7.29. The molecular weight excluding hydrogens is 186 g/mol. The zero-order valence-corrected chi connectivity index (χ0v) is 9.32. The first-order valence-corrected chi connectivity index (χ1v) is 5.81. The van der Waals surface area contributed by atoms with Crippen LogP contribution in [0.2, 0.25) is 0 Å². The molecule has 1 aliphatic rings. The minimum atomic E-state index is -0.372. The molecule has 1 N–H and O–H groups in total. The minimum Gasteiger partial charge on any atom is -0.389 e. The van der Waals surface area contributed by atoms with E-state index in [9.17, 15) is 5.11 Å². The molecule has 2 heteroatoms. The average Bonchev–Trinajstić information content (AvgIpc) is 2.30. The van der Waals surface area contributed by atoms with Crippen molar-refractivity contribution < 1.29 is 5.11 Å². The predicted octanol–water partition coefficient (Wildman–Crippen LogP) is 2.73. The van der Waals surface area contributed by atoms with E-state index in [1.165, 1.54) is 24.9 Å². The van der Waals surface area contributed by atoms with Crippen molar-refractivity contribution >= 4 is 5.69 Å². The van der Waals surface area contributed by atoms with Crippen molar-refractivity contribution in [3.8, 4) is 0 Å². The SMILES string of the molecule is CC(O)c1ccccc1N1CCCCC1. The van der Waals surface area contributed by atoms with Crippen LogP contribution in [0.1, 0.15) is 37.9 Å². The molecule has 1 fully saturated rings. The van der Waals surface area contributed by atoms with Gasteiger partial charge in [-0.15, -0.1) is 0 Å². The number of piperidine rings is 1. The maximum absolute atomic E-state index is 9.71. The molecule has 2 rings (SSSR count). The van der Waals surface area contributed by atoms with Gasteiger partial charge in [-0.1, -0.05) is 18.2 Å². The molecule has 1 aromatic rings. The Morgan fingerprint density at radius 3 is 2.47 bits per heavy atom. The van der Waals surface area contributed by atoms with Gasteiger partial charge in [-0.25, -0.2) is 0 Å². The predicted molar refractivity (Wildman–Crippen MR) is 63.1 cm³/mol. The number of para-hydroxylation sites is 1. The van der Waals surface area contributed by atoms with E-state index in [1.807, 2.05) is 19.1 Å². The number of hydrogen-bond acceptors (Lipinski definition) is 2. The summed E-state index contributed by atoms with van der Waals surface area (Å²) in [6.45, 7) is 4.09. The summed E-state index contributed by atoms with van der Waals surface area (Å²) in [5.41, 5.74) is 2.27. The van der Waals surface area contributed by atoms with Gasteiger partial charge in [0.2, 0.25) is 0 Å². The van der Waals surface area contributed by atoms with Crippen LogP contribution < -0.4 is 4.90 Å². The fourth-order valence-electron chi connectivity index (χ4n) is 2.26. The van der Waals surface area contributed by atoms with E-state index in [0.29, 0.717) is 0 Å². The number of benzene rings is 1. The number of anilines is 1.